The Labute approximate surface area is 92.7 Å². The molecule has 0 saturated carbocycles. The summed E-state index contributed by atoms with van der Waals surface area (Å²) in [7, 11) is 0. The zero-order chi connectivity index (χ0) is 12.0. The number of hydrogen-bond donors (Lipinski definition) is 3. The molecule has 6 heteroatoms. The fourth-order valence-corrected chi connectivity index (χ4v) is 1.18. The van der Waals surface area contributed by atoms with Gasteiger partial charge in [-0.1, -0.05) is 12.1 Å². The molecule has 0 heterocycles. The van der Waals surface area contributed by atoms with Crippen LogP contribution in [0.15, 0.2) is 24.3 Å². The maximum atomic E-state index is 10.4. The maximum Gasteiger partial charge on any atom is 0.269 e. The molecule has 0 amide bonds. The average molecular weight is 226 g/mol. The van der Waals surface area contributed by atoms with Crippen molar-refractivity contribution in [3.63, 3.8) is 0 Å². The van der Waals surface area contributed by atoms with E-state index >= 15 is 0 Å². The molecule has 0 radical (unpaired) electrons. The molecule has 0 aromatic heterocycles. The second-order valence-corrected chi connectivity index (χ2v) is 3.39. The molecule has 0 aliphatic rings. The summed E-state index contributed by atoms with van der Waals surface area (Å²) in [5.74, 6) is 0. The summed E-state index contributed by atoms with van der Waals surface area (Å²) in [5.41, 5.74) is 0.940. The molecule has 0 aliphatic heterocycles. The molecular weight excluding hydrogens is 212 g/mol. The van der Waals surface area contributed by atoms with Gasteiger partial charge in [0.2, 0.25) is 0 Å². The number of aliphatic hydroxyl groups is 2. The van der Waals surface area contributed by atoms with Gasteiger partial charge >= 0.3 is 0 Å². The average Bonchev–Trinajstić information content (AvgIpc) is 2.29. The SMILES string of the molecule is O=[N+]([O-])c1ccc(CNCC(O)CO)cc1. The van der Waals surface area contributed by atoms with E-state index in [1.54, 1.807) is 12.1 Å². The molecule has 0 fully saturated rings. The van der Waals surface area contributed by atoms with E-state index in [2.05, 4.69) is 5.32 Å². The van der Waals surface area contributed by atoms with Gasteiger partial charge in [0.25, 0.3) is 5.69 Å². The van der Waals surface area contributed by atoms with Gasteiger partial charge in [-0.05, 0) is 5.56 Å². The largest absolute Gasteiger partial charge is 0.394 e. The van der Waals surface area contributed by atoms with Crippen LogP contribution in [0.5, 0.6) is 0 Å². The van der Waals surface area contributed by atoms with Gasteiger partial charge in [0.05, 0.1) is 17.6 Å². The predicted molar refractivity (Wildman–Crippen MR) is 57.9 cm³/mol. The minimum Gasteiger partial charge on any atom is -0.394 e. The lowest BCUT2D eigenvalue weighted by Crippen LogP contribution is -2.28. The normalized spacial score (nSPS) is 12.4. The van der Waals surface area contributed by atoms with Crippen LogP contribution in [0.3, 0.4) is 0 Å². The van der Waals surface area contributed by atoms with E-state index in [4.69, 9.17) is 10.2 Å². The van der Waals surface area contributed by atoms with Gasteiger partial charge in [-0.15, -0.1) is 0 Å². The van der Waals surface area contributed by atoms with Crippen LogP contribution in [0.25, 0.3) is 0 Å². The van der Waals surface area contributed by atoms with Crippen molar-refractivity contribution in [3.8, 4) is 0 Å². The number of non-ortho nitro benzene ring substituents is 1. The second-order valence-electron chi connectivity index (χ2n) is 3.39. The van der Waals surface area contributed by atoms with Crippen LogP contribution in [0.1, 0.15) is 5.56 Å². The third-order valence-electron chi connectivity index (χ3n) is 2.07. The quantitative estimate of drug-likeness (QED) is 0.470. The first-order valence-corrected chi connectivity index (χ1v) is 4.86. The highest BCUT2D eigenvalue weighted by Gasteiger charge is 2.04. The second kappa shape index (κ2) is 6.16. The van der Waals surface area contributed by atoms with Gasteiger partial charge in [0.1, 0.15) is 0 Å². The first-order valence-electron chi connectivity index (χ1n) is 4.86. The number of hydrogen-bond acceptors (Lipinski definition) is 5. The molecule has 6 nitrogen and oxygen atoms in total. The minimum atomic E-state index is -0.780. The Morgan fingerprint density at radius 3 is 2.50 bits per heavy atom. The highest BCUT2D eigenvalue weighted by Crippen LogP contribution is 2.11. The van der Waals surface area contributed by atoms with Crippen molar-refractivity contribution < 1.29 is 15.1 Å². The number of nitro benzene ring substituents is 1. The number of nitrogens with one attached hydrogen (secondary N) is 1. The monoisotopic (exact) mass is 226 g/mol. The molecule has 16 heavy (non-hydrogen) atoms. The first-order chi connectivity index (χ1) is 7.63. The molecule has 1 atom stereocenters. The smallest absolute Gasteiger partial charge is 0.269 e. The van der Waals surface area contributed by atoms with Crippen LogP contribution >= 0.6 is 0 Å². The van der Waals surface area contributed by atoms with Crippen molar-refractivity contribution in [1.29, 1.82) is 0 Å². The van der Waals surface area contributed by atoms with Gasteiger partial charge in [-0.25, -0.2) is 0 Å². The zero-order valence-electron chi connectivity index (χ0n) is 8.67. The first kappa shape index (κ1) is 12.6. The summed E-state index contributed by atoms with van der Waals surface area (Å²) in [6, 6.07) is 6.16. The Hall–Kier alpha value is -1.50. The molecule has 1 unspecified atom stereocenters. The number of aliphatic hydroxyl groups excluding tert-OH is 2. The number of nitro groups is 1. The summed E-state index contributed by atoms with van der Waals surface area (Å²) in [6.07, 6.45) is -0.780. The van der Waals surface area contributed by atoms with Gasteiger partial charge in [-0.2, -0.15) is 0 Å². The Morgan fingerprint density at radius 2 is 2.00 bits per heavy atom. The minimum absolute atomic E-state index is 0.0548. The van der Waals surface area contributed by atoms with Crippen molar-refractivity contribution in [2.24, 2.45) is 0 Å². The number of rotatable bonds is 6. The van der Waals surface area contributed by atoms with Crippen LogP contribution < -0.4 is 5.32 Å². The summed E-state index contributed by atoms with van der Waals surface area (Å²) in [5, 5.41) is 30.9. The molecule has 0 spiro atoms. The van der Waals surface area contributed by atoms with Crippen LogP contribution in [0.4, 0.5) is 5.69 Å². The van der Waals surface area contributed by atoms with Crippen molar-refractivity contribution in [2.75, 3.05) is 13.2 Å². The van der Waals surface area contributed by atoms with E-state index in [1.807, 2.05) is 0 Å². The van der Waals surface area contributed by atoms with Gasteiger partial charge < -0.3 is 15.5 Å². The van der Waals surface area contributed by atoms with E-state index in [0.29, 0.717) is 6.54 Å². The highest BCUT2D eigenvalue weighted by molar-refractivity contribution is 5.32. The maximum absolute atomic E-state index is 10.4. The molecule has 1 aromatic rings. The molecule has 88 valence electrons. The van der Waals surface area contributed by atoms with Crippen molar-refractivity contribution >= 4 is 5.69 Å². The van der Waals surface area contributed by atoms with Gasteiger partial charge in [0.15, 0.2) is 0 Å². The van der Waals surface area contributed by atoms with E-state index in [-0.39, 0.29) is 18.8 Å². The summed E-state index contributed by atoms with van der Waals surface area (Å²) in [6.45, 7) is 0.496. The van der Waals surface area contributed by atoms with Crippen molar-refractivity contribution in [1.82, 2.24) is 5.32 Å². The van der Waals surface area contributed by atoms with Crippen LogP contribution in [-0.2, 0) is 6.54 Å². The van der Waals surface area contributed by atoms with E-state index < -0.39 is 11.0 Å². The van der Waals surface area contributed by atoms with E-state index in [1.165, 1.54) is 12.1 Å². The third kappa shape index (κ3) is 3.93. The number of nitrogens with zero attached hydrogens (tertiary/aromatic N) is 1. The lowest BCUT2D eigenvalue weighted by Gasteiger charge is -2.08. The fraction of sp³-hybridized carbons (Fsp3) is 0.400. The van der Waals surface area contributed by atoms with Crippen LogP contribution in [0.2, 0.25) is 0 Å². The lowest BCUT2D eigenvalue weighted by atomic mass is 10.2. The Morgan fingerprint density at radius 1 is 1.38 bits per heavy atom. The lowest BCUT2D eigenvalue weighted by molar-refractivity contribution is -0.384. The standard InChI is InChI=1S/C10H14N2O4/c13-7-10(14)6-11-5-8-1-3-9(4-2-8)12(15)16/h1-4,10-11,13-14H,5-7H2. The summed E-state index contributed by atoms with van der Waals surface area (Å²) >= 11 is 0. The summed E-state index contributed by atoms with van der Waals surface area (Å²) in [4.78, 5) is 9.93. The van der Waals surface area contributed by atoms with Crippen molar-refractivity contribution in [3.05, 3.63) is 39.9 Å². The van der Waals surface area contributed by atoms with Crippen molar-refractivity contribution in [2.45, 2.75) is 12.6 Å². The Kier molecular flexibility index (Phi) is 4.84. The van der Waals surface area contributed by atoms with Crippen LogP contribution in [0, 0.1) is 10.1 Å². The van der Waals surface area contributed by atoms with Crippen LogP contribution in [-0.4, -0.2) is 34.4 Å². The third-order valence-corrected chi connectivity index (χ3v) is 2.07. The molecule has 0 aliphatic carbocycles. The Balaban J connectivity index is 2.40. The molecule has 3 N–H and O–H groups in total. The molecule has 0 bridgehead atoms. The van der Waals surface area contributed by atoms with Gasteiger partial charge in [-0.3, -0.25) is 10.1 Å². The molecule has 1 aromatic carbocycles. The molecule has 1 rings (SSSR count). The topological polar surface area (TPSA) is 95.6 Å². The fourth-order valence-electron chi connectivity index (χ4n) is 1.18. The summed E-state index contributed by atoms with van der Waals surface area (Å²) < 4.78 is 0. The van der Waals surface area contributed by atoms with E-state index in [0.717, 1.165) is 5.56 Å². The Bertz CT molecular complexity index is 339. The molecule has 0 saturated heterocycles. The zero-order valence-corrected chi connectivity index (χ0v) is 8.67. The highest BCUT2D eigenvalue weighted by atomic mass is 16.6. The molecular formula is C10H14N2O4. The number of benzene rings is 1. The van der Waals surface area contributed by atoms with Gasteiger partial charge in [0, 0.05) is 25.2 Å². The van der Waals surface area contributed by atoms with E-state index in [9.17, 15) is 10.1 Å². The predicted octanol–water partition coefficient (Wildman–Crippen LogP) is 0.0376.